The van der Waals surface area contributed by atoms with Crippen LogP contribution in [0.4, 0.5) is 10.1 Å². The second-order valence-electron chi connectivity index (χ2n) is 3.59. The summed E-state index contributed by atoms with van der Waals surface area (Å²) in [6.07, 6.45) is 0. The number of nitrogens with one attached hydrogen (secondary N) is 1. The molecule has 0 unspecified atom stereocenters. The van der Waals surface area contributed by atoms with E-state index in [0.29, 0.717) is 5.69 Å². The standard InChI is InChI=1S/C14H14FN/c1-2-16-14-9-8-12(10-13(14)15)11-6-4-3-5-7-11/h3-10,16H,2H2,1H3. The Kier molecular flexibility index (Phi) is 3.20. The lowest BCUT2D eigenvalue weighted by Gasteiger charge is -2.07. The summed E-state index contributed by atoms with van der Waals surface area (Å²) in [7, 11) is 0. The SMILES string of the molecule is CCNc1ccc(-c2ccccc2)cc1F. The van der Waals surface area contributed by atoms with Gasteiger partial charge in [0.1, 0.15) is 5.82 Å². The summed E-state index contributed by atoms with van der Waals surface area (Å²) in [6.45, 7) is 2.67. The van der Waals surface area contributed by atoms with Crippen molar-refractivity contribution in [1.82, 2.24) is 0 Å². The summed E-state index contributed by atoms with van der Waals surface area (Å²) >= 11 is 0. The summed E-state index contributed by atoms with van der Waals surface area (Å²) in [4.78, 5) is 0. The summed E-state index contributed by atoms with van der Waals surface area (Å²) in [6, 6.07) is 15.1. The average Bonchev–Trinajstić information content (AvgIpc) is 2.33. The zero-order valence-electron chi connectivity index (χ0n) is 9.20. The molecule has 0 spiro atoms. The molecule has 0 bridgehead atoms. The molecule has 2 aromatic carbocycles. The highest BCUT2D eigenvalue weighted by molar-refractivity contribution is 5.66. The van der Waals surface area contributed by atoms with Gasteiger partial charge in [-0.05, 0) is 30.2 Å². The number of hydrogen-bond donors (Lipinski definition) is 1. The first-order valence-corrected chi connectivity index (χ1v) is 5.40. The van der Waals surface area contributed by atoms with Gasteiger partial charge < -0.3 is 5.32 Å². The first kappa shape index (κ1) is 10.7. The maximum atomic E-state index is 13.7. The Balaban J connectivity index is 2.35. The van der Waals surface area contributed by atoms with Crippen LogP contribution in [0.3, 0.4) is 0 Å². The van der Waals surface area contributed by atoms with Crippen molar-refractivity contribution in [3.8, 4) is 11.1 Å². The molecule has 0 heterocycles. The molecule has 0 aliphatic rings. The maximum Gasteiger partial charge on any atom is 0.146 e. The molecule has 2 aromatic rings. The minimum Gasteiger partial charge on any atom is -0.383 e. The predicted octanol–water partition coefficient (Wildman–Crippen LogP) is 3.92. The molecule has 2 rings (SSSR count). The zero-order chi connectivity index (χ0) is 11.4. The molecular formula is C14H14FN. The van der Waals surface area contributed by atoms with Crippen molar-refractivity contribution in [3.05, 3.63) is 54.3 Å². The van der Waals surface area contributed by atoms with Crippen molar-refractivity contribution in [1.29, 1.82) is 0 Å². The molecule has 0 aromatic heterocycles. The molecule has 0 saturated heterocycles. The normalized spacial score (nSPS) is 10.1. The van der Waals surface area contributed by atoms with Crippen LogP contribution in [0.2, 0.25) is 0 Å². The van der Waals surface area contributed by atoms with Gasteiger partial charge in [-0.25, -0.2) is 4.39 Å². The molecule has 0 fully saturated rings. The highest BCUT2D eigenvalue weighted by atomic mass is 19.1. The molecule has 0 amide bonds. The van der Waals surface area contributed by atoms with E-state index < -0.39 is 0 Å². The third-order valence-electron chi connectivity index (χ3n) is 2.44. The van der Waals surface area contributed by atoms with Crippen LogP contribution in [0.25, 0.3) is 11.1 Å². The van der Waals surface area contributed by atoms with Crippen molar-refractivity contribution in [2.75, 3.05) is 11.9 Å². The Morgan fingerprint density at radius 1 is 1.00 bits per heavy atom. The third kappa shape index (κ3) is 2.22. The molecule has 0 aliphatic carbocycles. The van der Waals surface area contributed by atoms with E-state index in [2.05, 4.69) is 5.32 Å². The van der Waals surface area contributed by atoms with Gasteiger partial charge in [-0.3, -0.25) is 0 Å². The van der Waals surface area contributed by atoms with Crippen LogP contribution in [0.1, 0.15) is 6.92 Å². The minimum atomic E-state index is -0.205. The monoisotopic (exact) mass is 215 g/mol. The number of benzene rings is 2. The van der Waals surface area contributed by atoms with E-state index in [4.69, 9.17) is 0 Å². The smallest absolute Gasteiger partial charge is 0.146 e. The van der Waals surface area contributed by atoms with Crippen LogP contribution < -0.4 is 5.32 Å². The molecule has 1 nitrogen and oxygen atoms in total. The summed E-state index contributed by atoms with van der Waals surface area (Å²) in [5.74, 6) is -0.205. The third-order valence-corrected chi connectivity index (χ3v) is 2.44. The molecular weight excluding hydrogens is 201 g/mol. The topological polar surface area (TPSA) is 12.0 Å². The zero-order valence-corrected chi connectivity index (χ0v) is 9.20. The molecule has 16 heavy (non-hydrogen) atoms. The van der Waals surface area contributed by atoms with Crippen molar-refractivity contribution < 1.29 is 4.39 Å². The Morgan fingerprint density at radius 2 is 1.75 bits per heavy atom. The number of hydrogen-bond acceptors (Lipinski definition) is 1. The lowest BCUT2D eigenvalue weighted by atomic mass is 10.1. The predicted molar refractivity (Wildman–Crippen MR) is 66.0 cm³/mol. The van der Waals surface area contributed by atoms with Crippen LogP contribution in [-0.4, -0.2) is 6.54 Å². The van der Waals surface area contributed by atoms with Crippen molar-refractivity contribution >= 4 is 5.69 Å². The first-order valence-electron chi connectivity index (χ1n) is 5.40. The van der Waals surface area contributed by atoms with Crippen molar-refractivity contribution in [3.63, 3.8) is 0 Å². The second-order valence-corrected chi connectivity index (χ2v) is 3.59. The maximum absolute atomic E-state index is 13.7. The van der Waals surface area contributed by atoms with Gasteiger partial charge in [-0.2, -0.15) is 0 Å². The Bertz CT molecular complexity index is 465. The number of halogens is 1. The Labute approximate surface area is 94.9 Å². The Morgan fingerprint density at radius 3 is 2.38 bits per heavy atom. The lowest BCUT2D eigenvalue weighted by Crippen LogP contribution is -1.99. The highest BCUT2D eigenvalue weighted by Gasteiger charge is 2.03. The summed E-state index contributed by atoms with van der Waals surface area (Å²) < 4.78 is 13.7. The number of anilines is 1. The molecule has 0 saturated carbocycles. The molecule has 0 radical (unpaired) electrons. The molecule has 0 aliphatic heterocycles. The van der Waals surface area contributed by atoms with Crippen LogP contribution in [0.5, 0.6) is 0 Å². The van der Waals surface area contributed by atoms with E-state index in [-0.39, 0.29) is 5.82 Å². The number of rotatable bonds is 3. The van der Waals surface area contributed by atoms with Crippen LogP contribution in [-0.2, 0) is 0 Å². The fourth-order valence-corrected chi connectivity index (χ4v) is 1.66. The minimum absolute atomic E-state index is 0.205. The molecule has 1 N–H and O–H groups in total. The second kappa shape index (κ2) is 4.79. The van der Waals surface area contributed by atoms with Gasteiger partial charge in [0.05, 0.1) is 5.69 Å². The van der Waals surface area contributed by atoms with Gasteiger partial charge in [-0.15, -0.1) is 0 Å². The first-order chi connectivity index (χ1) is 7.81. The Hall–Kier alpha value is -1.83. The van der Waals surface area contributed by atoms with E-state index in [1.807, 2.05) is 43.3 Å². The van der Waals surface area contributed by atoms with Crippen LogP contribution in [0.15, 0.2) is 48.5 Å². The van der Waals surface area contributed by atoms with Crippen LogP contribution >= 0.6 is 0 Å². The van der Waals surface area contributed by atoms with E-state index in [1.165, 1.54) is 0 Å². The fourth-order valence-electron chi connectivity index (χ4n) is 1.66. The van der Waals surface area contributed by atoms with Gasteiger partial charge in [-0.1, -0.05) is 36.4 Å². The molecule has 2 heteroatoms. The lowest BCUT2D eigenvalue weighted by molar-refractivity contribution is 0.631. The molecule has 82 valence electrons. The highest BCUT2D eigenvalue weighted by Crippen LogP contribution is 2.23. The largest absolute Gasteiger partial charge is 0.383 e. The summed E-state index contributed by atoms with van der Waals surface area (Å²) in [5, 5.41) is 2.98. The van der Waals surface area contributed by atoms with Gasteiger partial charge in [0, 0.05) is 6.54 Å². The van der Waals surface area contributed by atoms with Crippen molar-refractivity contribution in [2.45, 2.75) is 6.92 Å². The van der Waals surface area contributed by atoms with Crippen LogP contribution in [0, 0.1) is 5.82 Å². The average molecular weight is 215 g/mol. The molecule has 0 atom stereocenters. The van der Waals surface area contributed by atoms with Crippen molar-refractivity contribution in [2.24, 2.45) is 0 Å². The van der Waals surface area contributed by atoms with Gasteiger partial charge in [0.25, 0.3) is 0 Å². The van der Waals surface area contributed by atoms with E-state index in [1.54, 1.807) is 12.1 Å². The van der Waals surface area contributed by atoms with E-state index in [9.17, 15) is 4.39 Å². The fraction of sp³-hybridized carbons (Fsp3) is 0.143. The van der Waals surface area contributed by atoms with E-state index >= 15 is 0 Å². The summed E-state index contributed by atoms with van der Waals surface area (Å²) in [5.41, 5.74) is 2.49. The van der Waals surface area contributed by atoms with E-state index in [0.717, 1.165) is 17.7 Å². The van der Waals surface area contributed by atoms with Gasteiger partial charge in [0.15, 0.2) is 0 Å². The quantitative estimate of drug-likeness (QED) is 0.818. The van der Waals surface area contributed by atoms with Gasteiger partial charge >= 0.3 is 0 Å². The van der Waals surface area contributed by atoms with Gasteiger partial charge in [0.2, 0.25) is 0 Å².